The van der Waals surface area contributed by atoms with Gasteiger partial charge in [-0.15, -0.1) is 0 Å². The van der Waals surface area contributed by atoms with Crippen LogP contribution in [-0.2, 0) is 0 Å². The van der Waals surface area contributed by atoms with Crippen LogP contribution in [0.5, 0.6) is 0 Å². The minimum atomic E-state index is -1.41. The van der Waals surface area contributed by atoms with Crippen molar-refractivity contribution in [2.45, 2.75) is 32.3 Å². The van der Waals surface area contributed by atoms with E-state index in [0.717, 1.165) is 12.3 Å². The maximum atomic E-state index is 12.8. The van der Waals surface area contributed by atoms with E-state index in [2.05, 4.69) is 4.98 Å². The molecular formula is C11H14FNO2. The monoisotopic (exact) mass is 211 g/mol. The Kier molecular flexibility index (Phi) is 3.52. The van der Waals surface area contributed by atoms with Gasteiger partial charge in [0.1, 0.15) is 11.4 Å². The van der Waals surface area contributed by atoms with Crippen LogP contribution in [0.4, 0.5) is 4.39 Å². The third-order valence-electron chi connectivity index (χ3n) is 2.56. The number of carbonyl (C=O) groups is 1. The van der Waals surface area contributed by atoms with E-state index in [9.17, 15) is 14.3 Å². The molecule has 0 fully saturated rings. The first-order chi connectivity index (χ1) is 7.03. The molecule has 0 amide bonds. The first-order valence-electron chi connectivity index (χ1n) is 4.91. The molecule has 1 N–H and O–H groups in total. The molecule has 3 nitrogen and oxygen atoms in total. The molecule has 0 aliphatic heterocycles. The predicted molar refractivity (Wildman–Crippen MR) is 54.1 cm³/mol. The first kappa shape index (κ1) is 11.8. The van der Waals surface area contributed by atoms with Gasteiger partial charge in [0.2, 0.25) is 0 Å². The van der Waals surface area contributed by atoms with E-state index in [1.54, 1.807) is 13.8 Å². The fraction of sp³-hybridized carbons (Fsp3) is 0.455. The molecule has 1 aromatic rings. The summed E-state index contributed by atoms with van der Waals surface area (Å²) < 4.78 is 12.8. The highest BCUT2D eigenvalue weighted by atomic mass is 19.1. The molecule has 1 aromatic heterocycles. The Bertz CT molecular complexity index is 361. The Balaban J connectivity index is 3.03. The van der Waals surface area contributed by atoms with Crippen molar-refractivity contribution in [3.8, 4) is 0 Å². The van der Waals surface area contributed by atoms with Gasteiger partial charge in [-0.05, 0) is 18.9 Å². The minimum Gasteiger partial charge on any atom is -0.382 e. The highest BCUT2D eigenvalue weighted by molar-refractivity contribution is 6.01. The SMILES string of the molecule is CCC(O)(CC)C(=O)c1cncc(F)c1. The van der Waals surface area contributed by atoms with E-state index in [4.69, 9.17) is 0 Å². The number of Topliss-reactive ketones (excluding diaryl/α,β-unsaturated/α-hetero) is 1. The van der Waals surface area contributed by atoms with Crippen LogP contribution < -0.4 is 0 Å². The molecule has 1 heterocycles. The quantitative estimate of drug-likeness (QED) is 0.774. The number of ketones is 1. The van der Waals surface area contributed by atoms with E-state index in [-0.39, 0.29) is 5.56 Å². The van der Waals surface area contributed by atoms with Crippen LogP contribution in [0, 0.1) is 5.82 Å². The molecule has 1 rings (SSSR count). The van der Waals surface area contributed by atoms with Crippen LogP contribution in [-0.4, -0.2) is 21.5 Å². The molecular weight excluding hydrogens is 197 g/mol. The van der Waals surface area contributed by atoms with E-state index >= 15 is 0 Å². The lowest BCUT2D eigenvalue weighted by Crippen LogP contribution is -2.37. The molecule has 0 aliphatic carbocycles. The Morgan fingerprint density at radius 2 is 2.07 bits per heavy atom. The van der Waals surface area contributed by atoms with Gasteiger partial charge in [-0.2, -0.15) is 0 Å². The molecule has 82 valence electrons. The number of nitrogens with zero attached hydrogens (tertiary/aromatic N) is 1. The van der Waals surface area contributed by atoms with Crippen LogP contribution in [0.25, 0.3) is 0 Å². The Morgan fingerprint density at radius 1 is 1.47 bits per heavy atom. The largest absolute Gasteiger partial charge is 0.382 e. The molecule has 0 saturated carbocycles. The Morgan fingerprint density at radius 3 is 2.53 bits per heavy atom. The zero-order valence-electron chi connectivity index (χ0n) is 8.83. The first-order valence-corrected chi connectivity index (χ1v) is 4.91. The van der Waals surface area contributed by atoms with Gasteiger partial charge in [0.05, 0.1) is 6.20 Å². The molecule has 0 aliphatic rings. The van der Waals surface area contributed by atoms with Crippen LogP contribution in [0.2, 0.25) is 0 Å². The van der Waals surface area contributed by atoms with Crippen molar-refractivity contribution in [3.05, 3.63) is 29.8 Å². The number of hydrogen-bond acceptors (Lipinski definition) is 3. The maximum Gasteiger partial charge on any atom is 0.195 e. The zero-order chi connectivity index (χ0) is 11.5. The van der Waals surface area contributed by atoms with Gasteiger partial charge in [0.15, 0.2) is 5.78 Å². The van der Waals surface area contributed by atoms with E-state index in [1.165, 1.54) is 6.20 Å². The molecule has 15 heavy (non-hydrogen) atoms. The summed E-state index contributed by atoms with van der Waals surface area (Å²) in [4.78, 5) is 15.4. The van der Waals surface area contributed by atoms with Gasteiger partial charge in [-0.25, -0.2) is 4.39 Å². The molecule has 0 spiro atoms. The summed E-state index contributed by atoms with van der Waals surface area (Å²) in [5.74, 6) is -1.05. The van der Waals surface area contributed by atoms with Crippen molar-refractivity contribution < 1.29 is 14.3 Å². The minimum absolute atomic E-state index is 0.112. The second-order valence-corrected chi connectivity index (χ2v) is 3.46. The van der Waals surface area contributed by atoms with E-state index in [0.29, 0.717) is 12.8 Å². The van der Waals surface area contributed by atoms with Gasteiger partial charge in [-0.3, -0.25) is 9.78 Å². The van der Waals surface area contributed by atoms with Crippen molar-refractivity contribution in [1.82, 2.24) is 4.98 Å². The third-order valence-corrected chi connectivity index (χ3v) is 2.56. The van der Waals surface area contributed by atoms with Crippen molar-refractivity contribution in [2.75, 3.05) is 0 Å². The highest BCUT2D eigenvalue weighted by Gasteiger charge is 2.32. The number of halogens is 1. The number of pyridine rings is 1. The molecule has 0 aromatic carbocycles. The summed E-state index contributed by atoms with van der Waals surface area (Å²) in [5, 5.41) is 9.94. The second kappa shape index (κ2) is 4.49. The number of aromatic nitrogens is 1. The number of aliphatic hydroxyl groups is 1. The number of hydrogen-bond donors (Lipinski definition) is 1. The van der Waals surface area contributed by atoms with Crippen molar-refractivity contribution >= 4 is 5.78 Å². The average Bonchev–Trinajstić information content (AvgIpc) is 2.27. The van der Waals surface area contributed by atoms with Crippen molar-refractivity contribution in [1.29, 1.82) is 0 Å². The molecule has 0 radical (unpaired) electrons. The summed E-state index contributed by atoms with van der Waals surface area (Å²) in [6.45, 7) is 3.43. The fourth-order valence-corrected chi connectivity index (χ4v) is 1.38. The third kappa shape index (κ3) is 2.39. The Labute approximate surface area is 88.0 Å². The lowest BCUT2D eigenvalue weighted by molar-refractivity contribution is 0.0277. The average molecular weight is 211 g/mol. The second-order valence-electron chi connectivity index (χ2n) is 3.46. The van der Waals surface area contributed by atoms with Crippen molar-refractivity contribution in [2.24, 2.45) is 0 Å². The normalized spacial score (nSPS) is 11.5. The van der Waals surface area contributed by atoms with Gasteiger partial charge in [0, 0.05) is 11.8 Å². The Hall–Kier alpha value is -1.29. The highest BCUT2D eigenvalue weighted by Crippen LogP contribution is 2.20. The van der Waals surface area contributed by atoms with Gasteiger partial charge in [-0.1, -0.05) is 13.8 Å². The summed E-state index contributed by atoms with van der Waals surface area (Å²) in [6.07, 6.45) is 2.90. The standard InChI is InChI=1S/C11H14FNO2/c1-3-11(15,4-2)10(14)8-5-9(12)7-13-6-8/h5-7,15H,3-4H2,1-2H3. The predicted octanol–water partition coefficient (Wildman–Crippen LogP) is 1.95. The molecule has 0 unspecified atom stereocenters. The van der Waals surface area contributed by atoms with Crippen molar-refractivity contribution in [3.63, 3.8) is 0 Å². The van der Waals surface area contributed by atoms with E-state index in [1.807, 2.05) is 0 Å². The van der Waals surface area contributed by atoms with E-state index < -0.39 is 17.2 Å². The lowest BCUT2D eigenvalue weighted by atomic mass is 9.89. The molecule has 0 atom stereocenters. The van der Waals surface area contributed by atoms with Gasteiger partial charge >= 0.3 is 0 Å². The topological polar surface area (TPSA) is 50.2 Å². The van der Waals surface area contributed by atoms with Crippen LogP contribution in [0.1, 0.15) is 37.0 Å². The molecule has 0 saturated heterocycles. The van der Waals surface area contributed by atoms with Crippen LogP contribution >= 0.6 is 0 Å². The maximum absolute atomic E-state index is 12.8. The summed E-state index contributed by atoms with van der Waals surface area (Å²) >= 11 is 0. The smallest absolute Gasteiger partial charge is 0.195 e. The zero-order valence-corrected chi connectivity index (χ0v) is 8.83. The molecule has 4 heteroatoms. The molecule has 0 bridgehead atoms. The number of carbonyl (C=O) groups excluding carboxylic acids is 1. The summed E-state index contributed by atoms with van der Waals surface area (Å²) in [6, 6.07) is 1.09. The van der Waals surface area contributed by atoms with Gasteiger partial charge < -0.3 is 5.11 Å². The summed E-state index contributed by atoms with van der Waals surface area (Å²) in [5.41, 5.74) is -1.30. The fourth-order valence-electron chi connectivity index (χ4n) is 1.38. The van der Waals surface area contributed by atoms with Crippen LogP contribution in [0.3, 0.4) is 0 Å². The van der Waals surface area contributed by atoms with Gasteiger partial charge in [0.25, 0.3) is 0 Å². The van der Waals surface area contributed by atoms with Crippen LogP contribution in [0.15, 0.2) is 18.5 Å². The lowest BCUT2D eigenvalue weighted by Gasteiger charge is -2.23. The summed E-state index contributed by atoms with van der Waals surface area (Å²) in [7, 11) is 0. The number of rotatable bonds is 4.